The molecule has 0 bridgehead atoms. The molecule has 1 aromatic carbocycles. The SMILES string of the molecule is CCc1cc(C=O)ccc1N1CCCC1.N=C(N)C1CC1. The Morgan fingerprint density at radius 1 is 1.38 bits per heavy atom. The molecule has 1 heterocycles. The standard InChI is InChI=1S/C13H17NO.C4H8N2/c1-2-12-9-11(10-15)5-6-13(12)14-7-3-4-8-14;5-4(6)3-1-2-3/h5-6,9-10H,2-4,7-8H2,1H3;3H,1-2H2,(H3,5,6). The second-order valence-corrected chi connectivity index (χ2v) is 5.78. The molecule has 1 aromatic rings. The fourth-order valence-electron chi connectivity index (χ4n) is 2.62. The molecule has 0 aromatic heterocycles. The van der Waals surface area contributed by atoms with Crippen LogP contribution in [0.2, 0.25) is 0 Å². The highest BCUT2D eigenvalue weighted by atomic mass is 16.1. The first kappa shape index (κ1) is 15.5. The van der Waals surface area contributed by atoms with Crippen LogP contribution in [-0.4, -0.2) is 25.2 Å². The number of carbonyl (C=O) groups is 1. The Bertz CT molecular complexity index is 503. The average Bonchev–Trinajstić information content (AvgIpc) is 3.23. The Balaban J connectivity index is 0.000000225. The van der Waals surface area contributed by atoms with Gasteiger partial charge in [0.25, 0.3) is 0 Å². The van der Waals surface area contributed by atoms with Crippen LogP contribution in [0.1, 0.15) is 48.5 Å². The van der Waals surface area contributed by atoms with Crippen molar-refractivity contribution in [2.45, 2.75) is 39.0 Å². The van der Waals surface area contributed by atoms with Crippen molar-refractivity contribution in [2.75, 3.05) is 18.0 Å². The molecule has 2 aliphatic rings. The van der Waals surface area contributed by atoms with Crippen LogP contribution in [0.5, 0.6) is 0 Å². The minimum Gasteiger partial charge on any atom is -0.387 e. The minimum atomic E-state index is 0.370. The van der Waals surface area contributed by atoms with Crippen molar-refractivity contribution >= 4 is 17.8 Å². The third kappa shape index (κ3) is 4.31. The van der Waals surface area contributed by atoms with E-state index in [9.17, 15) is 4.79 Å². The van der Waals surface area contributed by atoms with E-state index in [-0.39, 0.29) is 0 Å². The van der Waals surface area contributed by atoms with Crippen molar-refractivity contribution in [1.29, 1.82) is 5.41 Å². The summed E-state index contributed by atoms with van der Waals surface area (Å²) in [5.41, 5.74) is 8.48. The van der Waals surface area contributed by atoms with Crippen LogP contribution in [0.25, 0.3) is 0 Å². The number of amidine groups is 1. The number of aryl methyl sites for hydroxylation is 1. The van der Waals surface area contributed by atoms with E-state index in [1.165, 1.54) is 24.1 Å². The van der Waals surface area contributed by atoms with Gasteiger partial charge in [0, 0.05) is 30.3 Å². The van der Waals surface area contributed by atoms with Gasteiger partial charge in [-0.15, -0.1) is 0 Å². The lowest BCUT2D eigenvalue weighted by atomic mass is 10.1. The molecule has 114 valence electrons. The number of nitrogens with zero attached hydrogens (tertiary/aromatic N) is 1. The summed E-state index contributed by atoms with van der Waals surface area (Å²) in [6, 6.07) is 6.02. The maximum absolute atomic E-state index is 10.7. The van der Waals surface area contributed by atoms with Gasteiger partial charge in [-0.25, -0.2) is 0 Å². The second-order valence-electron chi connectivity index (χ2n) is 5.78. The number of anilines is 1. The molecule has 1 aliphatic heterocycles. The summed E-state index contributed by atoms with van der Waals surface area (Å²) >= 11 is 0. The van der Waals surface area contributed by atoms with Crippen LogP contribution < -0.4 is 10.6 Å². The van der Waals surface area contributed by atoms with Crippen molar-refractivity contribution in [2.24, 2.45) is 11.7 Å². The van der Waals surface area contributed by atoms with Crippen LogP contribution in [0.3, 0.4) is 0 Å². The lowest BCUT2D eigenvalue weighted by Crippen LogP contribution is -2.19. The zero-order valence-electron chi connectivity index (χ0n) is 12.8. The molecular weight excluding hydrogens is 262 g/mol. The molecule has 2 fully saturated rings. The van der Waals surface area contributed by atoms with Crippen LogP contribution in [-0.2, 0) is 6.42 Å². The van der Waals surface area contributed by atoms with Gasteiger partial charge in [0.1, 0.15) is 6.29 Å². The number of aldehydes is 1. The summed E-state index contributed by atoms with van der Waals surface area (Å²) in [5.74, 6) is 0.833. The van der Waals surface area contributed by atoms with Crippen LogP contribution in [0, 0.1) is 11.3 Å². The second kappa shape index (κ2) is 7.25. The monoisotopic (exact) mass is 287 g/mol. The van der Waals surface area contributed by atoms with Gasteiger partial charge in [-0.05, 0) is 55.9 Å². The third-order valence-corrected chi connectivity index (χ3v) is 4.08. The number of benzene rings is 1. The molecule has 1 saturated heterocycles. The van der Waals surface area contributed by atoms with Crippen LogP contribution in [0.4, 0.5) is 5.69 Å². The normalized spacial score (nSPS) is 17.1. The summed E-state index contributed by atoms with van der Waals surface area (Å²) in [6.45, 7) is 4.46. The first-order chi connectivity index (χ1) is 10.2. The summed E-state index contributed by atoms with van der Waals surface area (Å²) in [5, 5.41) is 6.79. The Labute approximate surface area is 126 Å². The highest BCUT2D eigenvalue weighted by Crippen LogP contribution is 2.27. The summed E-state index contributed by atoms with van der Waals surface area (Å²) in [7, 11) is 0. The molecule has 1 aliphatic carbocycles. The van der Waals surface area contributed by atoms with Gasteiger partial charge in [-0.2, -0.15) is 0 Å². The van der Waals surface area contributed by atoms with Crippen molar-refractivity contribution in [3.8, 4) is 0 Å². The predicted octanol–water partition coefficient (Wildman–Crippen LogP) is 2.99. The van der Waals surface area contributed by atoms with Gasteiger partial charge < -0.3 is 10.6 Å². The van der Waals surface area contributed by atoms with Gasteiger partial charge in [0.15, 0.2) is 0 Å². The number of hydrogen-bond acceptors (Lipinski definition) is 3. The van der Waals surface area contributed by atoms with Crippen molar-refractivity contribution in [1.82, 2.24) is 0 Å². The average molecular weight is 287 g/mol. The Morgan fingerprint density at radius 2 is 2.05 bits per heavy atom. The van der Waals surface area contributed by atoms with E-state index < -0.39 is 0 Å². The molecular formula is C17H25N3O. The predicted molar refractivity (Wildman–Crippen MR) is 87.3 cm³/mol. The lowest BCUT2D eigenvalue weighted by Gasteiger charge is -2.21. The fraction of sp³-hybridized carbons (Fsp3) is 0.529. The van der Waals surface area contributed by atoms with Gasteiger partial charge in [0.2, 0.25) is 0 Å². The zero-order chi connectivity index (χ0) is 15.2. The van der Waals surface area contributed by atoms with Crippen LogP contribution >= 0.6 is 0 Å². The Kier molecular flexibility index (Phi) is 5.37. The van der Waals surface area contributed by atoms with E-state index in [1.807, 2.05) is 12.1 Å². The number of carbonyl (C=O) groups excluding carboxylic acids is 1. The molecule has 1 saturated carbocycles. The van der Waals surface area contributed by atoms with Crippen molar-refractivity contribution < 1.29 is 4.79 Å². The first-order valence-corrected chi connectivity index (χ1v) is 7.82. The van der Waals surface area contributed by atoms with E-state index in [1.54, 1.807) is 0 Å². The number of nitrogens with one attached hydrogen (secondary N) is 1. The molecule has 3 N–H and O–H groups in total. The van der Waals surface area contributed by atoms with Gasteiger partial charge in [-0.3, -0.25) is 10.2 Å². The largest absolute Gasteiger partial charge is 0.387 e. The molecule has 3 rings (SSSR count). The number of nitrogens with two attached hydrogens (primary N) is 1. The highest BCUT2D eigenvalue weighted by molar-refractivity contribution is 5.81. The van der Waals surface area contributed by atoms with E-state index in [4.69, 9.17) is 11.1 Å². The number of hydrogen-bond donors (Lipinski definition) is 2. The highest BCUT2D eigenvalue weighted by Gasteiger charge is 2.23. The summed E-state index contributed by atoms with van der Waals surface area (Å²) < 4.78 is 0. The molecule has 0 amide bonds. The van der Waals surface area contributed by atoms with Crippen molar-refractivity contribution in [3.05, 3.63) is 29.3 Å². The van der Waals surface area contributed by atoms with Crippen LogP contribution in [0.15, 0.2) is 18.2 Å². The topological polar surface area (TPSA) is 70.2 Å². The molecule has 0 spiro atoms. The van der Waals surface area contributed by atoms with Crippen molar-refractivity contribution in [3.63, 3.8) is 0 Å². The van der Waals surface area contributed by atoms with E-state index >= 15 is 0 Å². The van der Waals surface area contributed by atoms with Gasteiger partial charge in [0.05, 0.1) is 5.84 Å². The smallest absolute Gasteiger partial charge is 0.150 e. The summed E-state index contributed by atoms with van der Waals surface area (Å²) in [4.78, 5) is 13.1. The molecule has 0 atom stereocenters. The Morgan fingerprint density at radius 3 is 2.48 bits per heavy atom. The van der Waals surface area contributed by atoms with Gasteiger partial charge >= 0.3 is 0 Å². The molecule has 0 unspecified atom stereocenters. The first-order valence-electron chi connectivity index (χ1n) is 7.82. The minimum absolute atomic E-state index is 0.370. The van der Waals surface area contributed by atoms with Gasteiger partial charge in [-0.1, -0.05) is 6.92 Å². The van der Waals surface area contributed by atoms with E-state index in [2.05, 4.69) is 17.9 Å². The maximum Gasteiger partial charge on any atom is 0.150 e. The molecule has 4 nitrogen and oxygen atoms in total. The number of rotatable bonds is 4. The quantitative estimate of drug-likeness (QED) is 0.508. The summed E-state index contributed by atoms with van der Waals surface area (Å²) in [6.07, 6.45) is 6.79. The van der Waals surface area contributed by atoms with E-state index in [0.29, 0.717) is 11.8 Å². The Hall–Kier alpha value is -1.84. The molecule has 21 heavy (non-hydrogen) atoms. The zero-order valence-corrected chi connectivity index (χ0v) is 12.8. The fourth-order valence-corrected chi connectivity index (χ4v) is 2.62. The van der Waals surface area contributed by atoms with E-state index in [0.717, 1.165) is 44.2 Å². The lowest BCUT2D eigenvalue weighted by molar-refractivity contribution is 0.112. The molecule has 4 heteroatoms. The third-order valence-electron chi connectivity index (χ3n) is 4.08. The maximum atomic E-state index is 10.7. The molecule has 0 radical (unpaired) electrons.